The number of aliphatic hydroxyl groups excluding tert-OH is 1. The van der Waals surface area contributed by atoms with E-state index in [9.17, 15) is 9.90 Å². The van der Waals surface area contributed by atoms with Crippen molar-refractivity contribution < 1.29 is 14.6 Å². The summed E-state index contributed by atoms with van der Waals surface area (Å²) in [6, 6.07) is 7.55. The van der Waals surface area contributed by atoms with E-state index in [0.717, 1.165) is 43.9 Å². The topological polar surface area (TPSA) is 53.0 Å². The van der Waals surface area contributed by atoms with Crippen LogP contribution in [0.25, 0.3) is 0 Å². The van der Waals surface area contributed by atoms with Gasteiger partial charge in [-0.2, -0.15) is 0 Å². The maximum absolute atomic E-state index is 12.2. The smallest absolute Gasteiger partial charge is 0.222 e. The average Bonchev–Trinajstić information content (AvgIpc) is 2.60. The van der Waals surface area contributed by atoms with Crippen LogP contribution in [0, 0.1) is 5.92 Å². The molecule has 1 heterocycles. The first-order valence-electron chi connectivity index (χ1n) is 8.81. The Morgan fingerprint density at radius 3 is 2.58 bits per heavy atom. The lowest BCUT2D eigenvalue weighted by atomic mass is 10.1. The molecule has 0 saturated carbocycles. The number of hydrogen-bond donors (Lipinski definition) is 1. The zero-order valence-corrected chi connectivity index (χ0v) is 15.1. The Kier molecular flexibility index (Phi) is 7.06. The summed E-state index contributed by atoms with van der Waals surface area (Å²) in [5, 5.41) is 10.4. The molecule has 0 aromatic heterocycles. The van der Waals surface area contributed by atoms with Crippen LogP contribution in [0.2, 0.25) is 0 Å². The summed E-state index contributed by atoms with van der Waals surface area (Å²) in [6.07, 6.45) is 1.06. The Balaban J connectivity index is 1.79. The highest BCUT2D eigenvalue weighted by Crippen LogP contribution is 2.20. The summed E-state index contributed by atoms with van der Waals surface area (Å²) >= 11 is 0. The van der Waals surface area contributed by atoms with Crippen molar-refractivity contribution in [2.24, 2.45) is 5.92 Å². The van der Waals surface area contributed by atoms with Crippen LogP contribution in [0.3, 0.4) is 0 Å². The number of methoxy groups -OCH3 is 1. The van der Waals surface area contributed by atoms with Gasteiger partial charge in [-0.05, 0) is 30.0 Å². The molecule has 1 atom stereocenters. The molecule has 1 aliphatic heterocycles. The second kappa shape index (κ2) is 9.04. The highest BCUT2D eigenvalue weighted by molar-refractivity contribution is 5.76. The normalized spacial score (nSPS) is 17.1. The molecule has 5 nitrogen and oxygen atoms in total. The first kappa shape index (κ1) is 18.7. The summed E-state index contributed by atoms with van der Waals surface area (Å²) < 4.78 is 5.21. The fourth-order valence-corrected chi connectivity index (χ4v) is 2.95. The van der Waals surface area contributed by atoms with Crippen molar-refractivity contribution in [1.82, 2.24) is 9.80 Å². The molecule has 1 aromatic carbocycles. The largest absolute Gasteiger partial charge is 0.497 e. The number of β-amino-alcohol motifs (C(OH)–C–C–N with tert-alkyl or cyclic N) is 1. The lowest BCUT2D eigenvalue weighted by Crippen LogP contribution is -2.49. The van der Waals surface area contributed by atoms with Crippen LogP contribution >= 0.6 is 0 Å². The second-order valence-corrected chi connectivity index (χ2v) is 6.91. The van der Waals surface area contributed by atoms with Crippen LogP contribution in [0.4, 0.5) is 0 Å². The molecule has 5 heteroatoms. The molecule has 2 rings (SSSR count). The minimum absolute atomic E-state index is 0.261. The first-order valence-corrected chi connectivity index (χ1v) is 8.81. The van der Waals surface area contributed by atoms with Gasteiger partial charge in [0.25, 0.3) is 0 Å². The number of piperazine rings is 1. The van der Waals surface area contributed by atoms with E-state index >= 15 is 0 Å². The number of benzene rings is 1. The summed E-state index contributed by atoms with van der Waals surface area (Å²) in [5.41, 5.74) is 0.866. The minimum atomic E-state index is -0.539. The maximum Gasteiger partial charge on any atom is 0.222 e. The highest BCUT2D eigenvalue weighted by Gasteiger charge is 2.23. The number of aliphatic hydroxyl groups is 1. The minimum Gasteiger partial charge on any atom is -0.497 e. The molecule has 0 spiro atoms. The van der Waals surface area contributed by atoms with Crippen molar-refractivity contribution >= 4 is 5.91 Å². The van der Waals surface area contributed by atoms with E-state index in [4.69, 9.17) is 4.74 Å². The van der Waals surface area contributed by atoms with Gasteiger partial charge in [0.15, 0.2) is 0 Å². The van der Waals surface area contributed by atoms with E-state index in [1.807, 2.05) is 29.2 Å². The Bertz CT molecular complexity index is 525. The van der Waals surface area contributed by atoms with Crippen molar-refractivity contribution in [2.45, 2.75) is 32.8 Å². The van der Waals surface area contributed by atoms with Crippen LogP contribution in [0.5, 0.6) is 5.75 Å². The standard InChI is InChI=1S/C19H30N2O3/c1-15(2)7-8-19(23)21-11-9-20(10-12-21)14-18(22)16-5-4-6-17(13-16)24-3/h4-6,13,15,18,22H,7-12,14H2,1-3H3/t18-/m1/s1. The van der Waals surface area contributed by atoms with Gasteiger partial charge in [-0.15, -0.1) is 0 Å². The first-order chi connectivity index (χ1) is 11.5. The molecular weight excluding hydrogens is 304 g/mol. The van der Waals surface area contributed by atoms with Gasteiger partial charge in [-0.25, -0.2) is 0 Å². The number of rotatable bonds is 7. The van der Waals surface area contributed by atoms with E-state index in [-0.39, 0.29) is 5.91 Å². The molecule has 0 unspecified atom stereocenters. The predicted molar refractivity (Wildman–Crippen MR) is 95.0 cm³/mol. The number of hydrogen-bond acceptors (Lipinski definition) is 4. The Labute approximate surface area is 145 Å². The van der Waals surface area contributed by atoms with E-state index in [0.29, 0.717) is 18.9 Å². The van der Waals surface area contributed by atoms with Gasteiger partial charge in [0, 0.05) is 39.1 Å². The van der Waals surface area contributed by atoms with Crippen LogP contribution in [0.1, 0.15) is 38.4 Å². The molecular formula is C19H30N2O3. The molecule has 1 aliphatic rings. The molecule has 134 valence electrons. The Morgan fingerprint density at radius 2 is 1.96 bits per heavy atom. The van der Waals surface area contributed by atoms with Crippen LogP contribution in [-0.4, -0.2) is 60.6 Å². The van der Waals surface area contributed by atoms with Gasteiger partial charge in [-0.3, -0.25) is 9.69 Å². The SMILES string of the molecule is COc1cccc([C@H](O)CN2CCN(C(=O)CCC(C)C)CC2)c1. The fourth-order valence-electron chi connectivity index (χ4n) is 2.95. The summed E-state index contributed by atoms with van der Waals surface area (Å²) in [4.78, 5) is 16.3. The predicted octanol–water partition coefficient (Wildman–Crippen LogP) is 2.31. The molecule has 1 fully saturated rings. The number of ether oxygens (including phenoxy) is 1. The third kappa shape index (κ3) is 5.49. The quantitative estimate of drug-likeness (QED) is 0.831. The van der Waals surface area contributed by atoms with Gasteiger partial charge < -0.3 is 14.7 Å². The molecule has 0 aliphatic carbocycles. The summed E-state index contributed by atoms with van der Waals surface area (Å²) in [7, 11) is 1.63. The number of carbonyl (C=O) groups is 1. The number of amides is 1. The van der Waals surface area contributed by atoms with Gasteiger partial charge in [-0.1, -0.05) is 26.0 Å². The van der Waals surface area contributed by atoms with Crippen LogP contribution in [-0.2, 0) is 4.79 Å². The van der Waals surface area contributed by atoms with Crippen LogP contribution < -0.4 is 4.74 Å². The highest BCUT2D eigenvalue weighted by atomic mass is 16.5. The lowest BCUT2D eigenvalue weighted by Gasteiger charge is -2.35. The zero-order valence-electron chi connectivity index (χ0n) is 15.1. The zero-order chi connectivity index (χ0) is 17.5. The van der Waals surface area contributed by atoms with Crippen molar-refractivity contribution in [3.63, 3.8) is 0 Å². The van der Waals surface area contributed by atoms with Gasteiger partial charge in [0.05, 0.1) is 13.2 Å². The average molecular weight is 334 g/mol. The monoisotopic (exact) mass is 334 g/mol. The summed E-state index contributed by atoms with van der Waals surface area (Å²) in [6.45, 7) is 8.00. The number of nitrogens with zero attached hydrogens (tertiary/aromatic N) is 2. The molecule has 1 N–H and O–H groups in total. The molecule has 0 bridgehead atoms. The van der Waals surface area contributed by atoms with E-state index in [2.05, 4.69) is 18.7 Å². The molecule has 24 heavy (non-hydrogen) atoms. The Hall–Kier alpha value is -1.59. The van der Waals surface area contributed by atoms with Gasteiger partial charge in [0.2, 0.25) is 5.91 Å². The third-order valence-electron chi connectivity index (χ3n) is 4.57. The van der Waals surface area contributed by atoms with Crippen molar-refractivity contribution in [1.29, 1.82) is 0 Å². The molecule has 1 saturated heterocycles. The molecule has 1 aromatic rings. The lowest BCUT2D eigenvalue weighted by molar-refractivity contribution is -0.133. The fraction of sp³-hybridized carbons (Fsp3) is 0.632. The van der Waals surface area contributed by atoms with E-state index < -0.39 is 6.10 Å². The van der Waals surface area contributed by atoms with Gasteiger partial charge in [0.1, 0.15) is 5.75 Å². The maximum atomic E-state index is 12.2. The van der Waals surface area contributed by atoms with Crippen molar-refractivity contribution in [3.8, 4) is 5.75 Å². The van der Waals surface area contributed by atoms with Crippen molar-refractivity contribution in [3.05, 3.63) is 29.8 Å². The van der Waals surface area contributed by atoms with E-state index in [1.54, 1.807) is 7.11 Å². The van der Waals surface area contributed by atoms with Crippen molar-refractivity contribution in [2.75, 3.05) is 39.8 Å². The third-order valence-corrected chi connectivity index (χ3v) is 4.57. The van der Waals surface area contributed by atoms with Crippen LogP contribution in [0.15, 0.2) is 24.3 Å². The van der Waals surface area contributed by atoms with E-state index in [1.165, 1.54) is 0 Å². The Morgan fingerprint density at radius 1 is 1.25 bits per heavy atom. The summed E-state index contributed by atoms with van der Waals surface area (Å²) in [5.74, 6) is 1.58. The molecule has 0 radical (unpaired) electrons. The number of carbonyl (C=O) groups excluding carboxylic acids is 1. The second-order valence-electron chi connectivity index (χ2n) is 6.91. The molecule has 1 amide bonds. The van der Waals surface area contributed by atoms with Gasteiger partial charge >= 0.3 is 0 Å².